The third-order valence-corrected chi connectivity index (χ3v) is 2.58. The molecule has 2 rings (SSSR count). The number of nitrogens with two attached hydrogens (primary N) is 1. The first kappa shape index (κ1) is 10.7. The highest BCUT2D eigenvalue weighted by molar-refractivity contribution is 5.96. The molecule has 0 saturated carbocycles. The van der Waals surface area contributed by atoms with Gasteiger partial charge in [0.05, 0.1) is 12.6 Å². The third kappa shape index (κ3) is 1.67. The lowest BCUT2D eigenvalue weighted by Crippen LogP contribution is -2.14. The fourth-order valence-corrected chi connectivity index (χ4v) is 1.81. The molecule has 0 fully saturated rings. The van der Waals surface area contributed by atoms with Gasteiger partial charge in [-0.1, -0.05) is 6.07 Å². The molecule has 0 aliphatic rings. The van der Waals surface area contributed by atoms with E-state index in [0.29, 0.717) is 18.8 Å². The summed E-state index contributed by atoms with van der Waals surface area (Å²) in [5.74, 6) is 1.34. The van der Waals surface area contributed by atoms with Gasteiger partial charge in [-0.25, -0.2) is 0 Å². The van der Waals surface area contributed by atoms with Crippen LogP contribution < -0.4 is 10.5 Å². The zero-order valence-electron chi connectivity index (χ0n) is 9.23. The van der Waals surface area contributed by atoms with E-state index in [0.717, 1.165) is 16.7 Å². The zero-order chi connectivity index (χ0) is 11.5. The van der Waals surface area contributed by atoms with E-state index in [1.165, 1.54) is 0 Å². The molecule has 4 heteroatoms. The second-order valence-electron chi connectivity index (χ2n) is 3.56. The summed E-state index contributed by atoms with van der Waals surface area (Å²) in [5, 5.41) is 8.92. The van der Waals surface area contributed by atoms with Gasteiger partial charge in [0.25, 0.3) is 0 Å². The van der Waals surface area contributed by atoms with E-state index in [2.05, 4.69) is 0 Å². The Morgan fingerprint density at radius 3 is 2.94 bits per heavy atom. The van der Waals surface area contributed by atoms with Gasteiger partial charge in [0.2, 0.25) is 0 Å². The van der Waals surface area contributed by atoms with Gasteiger partial charge >= 0.3 is 0 Å². The summed E-state index contributed by atoms with van der Waals surface area (Å²) in [7, 11) is 1.65. The first-order valence-corrected chi connectivity index (χ1v) is 5.20. The van der Waals surface area contributed by atoms with Gasteiger partial charge in [-0.3, -0.25) is 5.41 Å². The van der Waals surface area contributed by atoms with Crippen LogP contribution in [0.4, 0.5) is 0 Å². The molecule has 0 radical (unpaired) electrons. The Balaban J connectivity index is 2.53. The van der Waals surface area contributed by atoms with Gasteiger partial charge in [0, 0.05) is 18.0 Å². The van der Waals surface area contributed by atoms with E-state index in [9.17, 15) is 0 Å². The first-order chi connectivity index (χ1) is 7.77. The van der Waals surface area contributed by atoms with Crippen molar-refractivity contribution in [3.63, 3.8) is 0 Å². The summed E-state index contributed by atoms with van der Waals surface area (Å²) in [6, 6.07) is 7.77. The van der Waals surface area contributed by atoms with Crippen LogP contribution >= 0.6 is 0 Å². The van der Waals surface area contributed by atoms with Crippen molar-refractivity contribution < 1.29 is 4.74 Å². The summed E-state index contributed by atoms with van der Waals surface area (Å²) in [6.07, 6.45) is 2.45. The predicted octanol–water partition coefficient (Wildman–Crippen LogP) is 1.82. The lowest BCUT2D eigenvalue weighted by atomic mass is 10.2. The highest BCUT2D eigenvalue weighted by Crippen LogP contribution is 2.26. The fraction of sp³-hybridized carbons (Fsp3) is 0.250. The van der Waals surface area contributed by atoms with Crippen LogP contribution in [0.15, 0.2) is 30.5 Å². The van der Waals surface area contributed by atoms with E-state index in [-0.39, 0.29) is 0 Å². The third-order valence-electron chi connectivity index (χ3n) is 2.58. The SMILES string of the molecule is COc1cccc2c1ccn2C(=N)CCN. The maximum Gasteiger partial charge on any atom is 0.128 e. The van der Waals surface area contributed by atoms with E-state index in [1.807, 2.05) is 35.0 Å². The molecule has 84 valence electrons. The average molecular weight is 217 g/mol. The number of ether oxygens (including phenoxy) is 1. The molecule has 3 N–H and O–H groups in total. The van der Waals surface area contributed by atoms with Crippen molar-refractivity contribution in [1.82, 2.24) is 4.57 Å². The number of nitrogens with one attached hydrogen (secondary N) is 1. The van der Waals surface area contributed by atoms with Crippen molar-refractivity contribution in [3.05, 3.63) is 30.5 Å². The molecule has 1 heterocycles. The zero-order valence-corrected chi connectivity index (χ0v) is 9.23. The largest absolute Gasteiger partial charge is 0.496 e. The number of nitrogens with zero attached hydrogens (tertiary/aromatic N) is 1. The first-order valence-electron chi connectivity index (χ1n) is 5.20. The number of benzene rings is 1. The summed E-state index contributed by atoms with van der Waals surface area (Å²) in [5.41, 5.74) is 6.44. The quantitative estimate of drug-likeness (QED) is 0.608. The average Bonchev–Trinajstić information content (AvgIpc) is 2.72. The van der Waals surface area contributed by atoms with Gasteiger partial charge in [-0.05, 0) is 24.7 Å². The van der Waals surface area contributed by atoms with E-state index in [4.69, 9.17) is 15.9 Å². The van der Waals surface area contributed by atoms with Crippen molar-refractivity contribution in [3.8, 4) is 5.75 Å². The molecule has 0 spiro atoms. The highest BCUT2D eigenvalue weighted by Gasteiger charge is 2.07. The predicted molar refractivity (Wildman–Crippen MR) is 65.3 cm³/mol. The number of hydrogen-bond acceptors (Lipinski definition) is 3. The minimum Gasteiger partial charge on any atom is -0.496 e. The number of methoxy groups -OCH3 is 1. The lowest BCUT2D eigenvalue weighted by Gasteiger charge is -2.07. The molecule has 0 bridgehead atoms. The second kappa shape index (κ2) is 4.37. The molecule has 0 unspecified atom stereocenters. The molecule has 2 aromatic rings. The molecular weight excluding hydrogens is 202 g/mol. The highest BCUT2D eigenvalue weighted by atomic mass is 16.5. The number of hydrogen-bond donors (Lipinski definition) is 2. The normalized spacial score (nSPS) is 10.6. The summed E-state index contributed by atoms with van der Waals surface area (Å²) in [6.45, 7) is 0.489. The van der Waals surface area contributed by atoms with Crippen LogP contribution in [0.2, 0.25) is 0 Å². The molecule has 16 heavy (non-hydrogen) atoms. The fourth-order valence-electron chi connectivity index (χ4n) is 1.81. The monoisotopic (exact) mass is 217 g/mol. The number of fused-ring (bicyclic) bond motifs is 1. The van der Waals surface area contributed by atoms with E-state index in [1.54, 1.807) is 7.11 Å². The second-order valence-corrected chi connectivity index (χ2v) is 3.56. The van der Waals surface area contributed by atoms with E-state index >= 15 is 0 Å². The Kier molecular flexibility index (Phi) is 2.92. The molecule has 1 aromatic heterocycles. The van der Waals surface area contributed by atoms with Crippen LogP contribution in [0, 0.1) is 5.41 Å². The van der Waals surface area contributed by atoms with Crippen LogP contribution in [0.1, 0.15) is 6.42 Å². The minimum absolute atomic E-state index is 0.489. The Morgan fingerprint density at radius 2 is 2.25 bits per heavy atom. The molecule has 0 atom stereocenters. The molecule has 0 saturated heterocycles. The molecular formula is C12H15N3O. The molecule has 0 amide bonds. The van der Waals surface area contributed by atoms with Crippen LogP contribution in [0.3, 0.4) is 0 Å². The van der Waals surface area contributed by atoms with Gasteiger partial charge in [-0.15, -0.1) is 0 Å². The van der Waals surface area contributed by atoms with Crippen molar-refractivity contribution >= 4 is 16.7 Å². The molecule has 1 aromatic carbocycles. The minimum atomic E-state index is 0.489. The van der Waals surface area contributed by atoms with Crippen LogP contribution in [-0.4, -0.2) is 24.1 Å². The van der Waals surface area contributed by atoms with Crippen molar-refractivity contribution in [2.45, 2.75) is 6.42 Å². The molecule has 0 aliphatic carbocycles. The topological polar surface area (TPSA) is 64.0 Å². The Labute approximate surface area is 94.1 Å². The lowest BCUT2D eigenvalue weighted by molar-refractivity contribution is 0.420. The van der Waals surface area contributed by atoms with Gasteiger partial charge in [0.15, 0.2) is 0 Å². The number of rotatable bonds is 3. The van der Waals surface area contributed by atoms with Crippen molar-refractivity contribution in [1.29, 1.82) is 5.41 Å². The molecule has 4 nitrogen and oxygen atoms in total. The van der Waals surface area contributed by atoms with Gasteiger partial charge < -0.3 is 15.0 Å². The van der Waals surface area contributed by atoms with E-state index < -0.39 is 0 Å². The summed E-state index contributed by atoms with van der Waals surface area (Å²) in [4.78, 5) is 0. The maximum absolute atomic E-state index is 7.90. The number of aromatic nitrogens is 1. The molecule has 0 aliphatic heterocycles. The van der Waals surface area contributed by atoms with Gasteiger partial charge in [-0.2, -0.15) is 0 Å². The van der Waals surface area contributed by atoms with Gasteiger partial charge in [0.1, 0.15) is 11.6 Å². The Hall–Kier alpha value is -1.81. The summed E-state index contributed by atoms with van der Waals surface area (Å²) < 4.78 is 7.11. The van der Waals surface area contributed by atoms with Crippen LogP contribution in [0.25, 0.3) is 10.9 Å². The van der Waals surface area contributed by atoms with Crippen molar-refractivity contribution in [2.75, 3.05) is 13.7 Å². The Morgan fingerprint density at radius 1 is 1.44 bits per heavy atom. The standard InChI is InChI=1S/C12H15N3O/c1-16-11-4-2-3-10-9(11)6-8-15(10)12(14)5-7-13/h2-4,6,8,14H,5,7,13H2,1H3. The van der Waals surface area contributed by atoms with Crippen LogP contribution in [0.5, 0.6) is 5.75 Å². The van der Waals surface area contributed by atoms with Crippen molar-refractivity contribution in [2.24, 2.45) is 5.73 Å². The smallest absolute Gasteiger partial charge is 0.128 e. The van der Waals surface area contributed by atoms with Crippen LogP contribution in [-0.2, 0) is 0 Å². The maximum atomic E-state index is 7.90. The Bertz CT molecular complexity index is 516. The summed E-state index contributed by atoms with van der Waals surface area (Å²) >= 11 is 0.